The molecule has 1 saturated heterocycles. The van der Waals surface area contributed by atoms with Gasteiger partial charge in [0, 0.05) is 12.3 Å². The number of aliphatic hydroxyl groups is 1. The van der Waals surface area contributed by atoms with E-state index in [-0.39, 0.29) is 18.4 Å². The van der Waals surface area contributed by atoms with Crippen LogP contribution in [0.1, 0.15) is 0 Å². The number of carbonyl (C=O) groups excluding carboxylic acids is 2. The third-order valence-corrected chi connectivity index (χ3v) is 2.61. The predicted octanol–water partition coefficient (Wildman–Crippen LogP) is -0.999. The van der Waals surface area contributed by atoms with Crippen molar-refractivity contribution in [3.8, 4) is 0 Å². The molecule has 0 bridgehead atoms. The molecular weight excluding hydrogens is 180 g/mol. The monoisotopic (exact) mass is 190 g/mol. The van der Waals surface area contributed by atoms with Crippen molar-refractivity contribution in [1.29, 1.82) is 0 Å². The van der Waals surface area contributed by atoms with Gasteiger partial charge in [-0.15, -0.1) is 0 Å². The molecule has 1 atom stereocenters. The molecule has 6 heteroatoms. The third-order valence-electron chi connectivity index (χ3n) is 1.64. The molecule has 12 heavy (non-hydrogen) atoms. The fourth-order valence-corrected chi connectivity index (χ4v) is 2.07. The number of β-amino-alcohol motifs (C(OH)–C–C–N with tert-alkyl or cyclic N) is 1. The van der Waals surface area contributed by atoms with Crippen LogP contribution in [-0.4, -0.2) is 46.1 Å². The van der Waals surface area contributed by atoms with Gasteiger partial charge in [-0.1, -0.05) is 11.8 Å². The largest absolute Gasteiger partial charge is 0.395 e. The second-order valence-electron chi connectivity index (χ2n) is 2.41. The molecule has 0 aromatic heterocycles. The maximum Gasteiger partial charge on any atom is 0.282 e. The topological polar surface area (TPSA) is 83.6 Å². The normalized spacial score (nSPS) is 23.2. The van der Waals surface area contributed by atoms with Crippen LogP contribution >= 0.6 is 11.8 Å². The summed E-state index contributed by atoms with van der Waals surface area (Å²) >= 11 is 1.06. The van der Waals surface area contributed by atoms with Crippen LogP contribution in [0.5, 0.6) is 0 Å². The van der Waals surface area contributed by atoms with Crippen molar-refractivity contribution in [3.63, 3.8) is 0 Å². The van der Waals surface area contributed by atoms with Crippen LogP contribution < -0.4 is 5.73 Å². The summed E-state index contributed by atoms with van der Waals surface area (Å²) in [6.45, 7) is 0.0372. The highest BCUT2D eigenvalue weighted by Crippen LogP contribution is 2.22. The van der Waals surface area contributed by atoms with E-state index in [2.05, 4.69) is 0 Å². The molecule has 2 amide bonds. The molecule has 0 unspecified atom stereocenters. The molecule has 0 radical (unpaired) electrons. The first-order chi connectivity index (χ1) is 5.66. The van der Waals surface area contributed by atoms with Crippen LogP contribution in [-0.2, 0) is 4.79 Å². The van der Waals surface area contributed by atoms with E-state index >= 15 is 0 Å². The minimum Gasteiger partial charge on any atom is -0.395 e. The van der Waals surface area contributed by atoms with E-state index in [4.69, 9.17) is 10.8 Å². The molecule has 1 heterocycles. The zero-order valence-electron chi connectivity index (χ0n) is 6.40. The highest BCUT2D eigenvalue weighted by atomic mass is 32.2. The SMILES string of the molecule is NC(=O)[C@@H]1CSC(=O)N1CCO. The summed E-state index contributed by atoms with van der Waals surface area (Å²) in [5, 5.41) is 8.40. The number of aliphatic hydroxyl groups excluding tert-OH is 1. The molecule has 68 valence electrons. The Balaban J connectivity index is 2.63. The Kier molecular flexibility index (Phi) is 2.93. The molecule has 0 spiro atoms. The van der Waals surface area contributed by atoms with Gasteiger partial charge in [-0.2, -0.15) is 0 Å². The van der Waals surface area contributed by atoms with Gasteiger partial charge in [-0.3, -0.25) is 9.59 Å². The van der Waals surface area contributed by atoms with E-state index in [1.165, 1.54) is 4.90 Å². The quantitative estimate of drug-likeness (QED) is 0.598. The summed E-state index contributed by atoms with van der Waals surface area (Å²) < 4.78 is 0. The van der Waals surface area contributed by atoms with Crippen LogP contribution in [0, 0.1) is 0 Å². The zero-order chi connectivity index (χ0) is 9.14. The van der Waals surface area contributed by atoms with Crippen molar-refractivity contribution in [2.45, 2.75) is 6.04 Å². The Labute approximate surface area is 73.9 Å². The van der Waals surface area contributed by atoms with E-state index in [1.807, 2.05) is 0 Å². The number of amides is 2. The Morgan fingerprint density at radius 2 is 2.50 bits per heavy atom. The maximum atomic E-state index is 11.0. The van der Waals surface area contributed by atoms with E-state index < -0.39 is 11.9 Å². The minimum atomic E-state index is -0.547. The number of rotatable bonds is 3. The van der Waals surface area contributed by atoms with E-state index in [9.17, 15) is 9.59 Å². The van der Waals surface area contributed by atoms with Gasteiger partial charge in [0.05, 0.1) is 6.61 Å². The Hall–Kier alpha value is -0.750. The second-order valence-corrected chi connectivity index (χ2v) is 3.38. The molecule has 0 aromatic carbocycles. The van der Waals surface area contributed by atoms with E-state index in [0.717, 1.165) is 11.8 Å². The fraction of sp³-hybridized carbons (Fsp3) is 0.667. The highest BCUT2D eigenvalue weighted by molar-refractivity contribution is 8.13. The van der Waals surface area contributed by atoms with E-state index in [0.29, 0.717) is 5.75 Å². The number of carbonyl (C=O) groups is 2. The molecule has 1 fully saturated rings. The third kappa shape index (κ3) is 1.70. The van der Waals surface area contributed by atoms with Gasteiger partial charge in [-0.25, -0.2) is 0 Å². The smallest absolute Gasteiger partial charge is 0.282 e. The number of nitrogens with two attached hydrogens (primary N) is 1. The number of primary amides is 1. The van der Waals surface area contributed by atoms with Crippen molar-refractivity contribution < 1.29 is 14.7 Å². The second kappa shape index (κ2) is 3.77. The molecule has 5 nitrogen and oxygen atoms in total. The van der Waals surface area contributed by atoms with Crippen LogP contribution in [0.3, 0.4) is 0 Å². The van der Waals surface area contributed by atoms with Crippen LogP contribution in [0.2, 0.25) is 0 Å². The first-order valence-corrected chi connectivity index (χ1v) is 4.49. The van der Waals surface area contributed by atoms with Gasteiger partial charge in [0.25, 0.3) is 5.24 Å². The van der Waals surface area contributed by atoms with Crippen molar-refractivity contribution in [3.05, 3.63) is 0 Å². The van der Waals surface area contributed by atoms with Crippen molar-refractivity contribution >= 4 is 22.9 Å². The molecule has 1 aliphatic rings. The number of hydrogen-bond donors (Lipinski definition) is 2. The van der Waals surface area contributed by atoms with Gasteiger partial charge in [-0.05, 0) is 0 Å². The lowest BCUT2D eigenvalue weighted by molar-refractivity contribution is -0.121. The summed E-state index contributed by atoms with van der Waals surface area (Å²) in [7, 11) is 0. The molecule has 0 saturated carbocycles. The highest BCUT2D eigenvalue weighted by Gasteiger charge is 2.34. The van der Waals surface area contributed by atoms with Crippen LogP contribution in [0.15, 0.2) is 0 Å². The molecule has 0 aliphatic carbocycles. The van der Waals surface area contributed by atoms with Gasteiger partial charge < -0.3 is 15.7 Å². The molecule has 3 N–H and O–H groups in total. The lowest BCUT2D eigenvalue weighted by Gasteiger charge is -2.19. The summed E-state index contributed by atoms with van der Waals surface area (Å²) in [4.78, 5) is 23.1. The number of nitrogens with zero attached hydrogens (tertiary/aromatic N) is 1. The van der Waals surface area contributed by atoms with Gasteiger partial charge in [0.15, 0.2) is 0 Å². The summed E-state index contributed by atoms with van der Waals surface area (Å²) in [6, 6.07) is -0.547. The maximum absolute atomic E-state index is 11.0. The minimum absolute atomic E-state index is 0.143. The summed E-state index contributed by atoms with van der Waals surface area (Å²) in [6.07, 6.45) is 0. The predicted molar refractivity (Wildman–Crippen MR) is 44.6 cm³/mol. The molecular formula is C6H10N2O3S. The lowest BCUT2D eigenvalue weighted by Crippen LogP contribution is -2.44. The Bertz CT molecular complexity index is 209. The zero-order valence-corrected chi connectivity index (χ0v) is 7.21. The van der Waals surface area contributed by atoms with Crippen LogP contribution in [0.4, 0.5) is 4.79 Å². The first-order valence-electron chi connectivity index (χ1n) is 3.50. The summed E-state index contributed by atoms with van der Waals surface area (Å²) in [5.74, 6) is -0.115. The standard InChI is InChI=1S/C6H10N2O3S/c7-5(10)4-3-12-6(11)8(4)1-2-9/h4,9H,1-3H2,(H2,7,10)/t4-/m0/s1. The van der Waals surface area contributed by atoms with Crippen molar-refractivity contribution in [2.75, 3.05) is 18.9 Å². The lowest BCUT2D eigenvalue weighted by atomic mass is 10.3. The van der Waals surface area contributed by atoms with Gasteiger partial charge in [0.1, 0.15) is 6.04 Å². The van der Waals surface area contributed by atoms with Crippen LogP contribution in [0.25, 0.3) is 0 Å². The van der Waals surface area contributed by atoms with Crippen molar-refractivity contribution in [2.24, 2.45) is 5.73 Å². The average Bonchev–Trinajstić information content (AvgIpc) is 2.34. The van der Waals surface area contributed by atoms with Gasteiger partial charge in [0.2, 0.25) is 5.91 Å². The Morgan fingerprint density at radius 1 is 1.83 bits per heavy atom. The molecule has 1 aliphatic heterocycles. The summed E-state index contributed by atoms with van der Waals surface area (Å²) in [5.41, 5.74) is 5.05. The number of hydrogen-bond acceptors (Lipinski definition) is 4. The fourth-order valence-electron chi connectivity index (χ4n) is 1.04. The first kappa shape index (κ1) is 9.34. The number of thioether (sulfide) groups is 1. The Morgan fingerprint density at radius 3 is 3.00 bits per heavy atom. The molecule has 1 rings (SSSR count). The average molecular weight is 190 g/mol. The van der Waals surface area contributed by atoms with Crippen molar-refractivity contribution in [1.82, 2.24) is 4.90 Å². The van der Waals surface area contributed by atoms with E-state index in [1.54, 1.807) is 0 Å². The van der Waals surface area contributed by atoms with Gasteiger partial charge >= 0.3 is 0 Å². The molecule has 0 aromatic rings.